The zero-order chi connectivity index (χ0) is 13.1. The molecule has 0 aromatic heterocycles. The van der Waals surface area contributed by atoms with Gasteiger partial charge in [-0.15, -0.1) is 11.6 Å². The molecule has 2 aromatic carbocycles. The lowest BCUT2D eigenvalue weighted by Gasteiger charge is -2.23. The summed E-state index contributed by atoms with van der Waals surface area (Å²) in [4.78, 5) is 2.11. The van der Waals surface area contributed by atoms with Crippen LogP contribution in [0.4, 0.5) is 11.4 Å². The first-order chi connectivity index (χ1) is 8.63. The van der Waals surface area contributed by atoms with Crippen molar-refractivity contribution in [3.63, 3.8) is 0 Å². The molecular formula is C15H15Cl2N. The molecule has 1 nitrogen and oxygen atoms in total. The Bertz CT molecular complexity index is 552. The Kier molecular flexibility index (Phi) is 4.15. The van der Waals surface area contributed by atoms with Crippen molar-refractivity contribution in [3.8, 4) is 0 Å². The van der Waals surface area contributed by atoms with Crippen LogP contribution in [-0.2, 0) is 5.88 Å². The Morgan fingerprint density at radius 2 is 1.83 bits per heavy atom. The Morgan fingerprint density at radius 3 is 2.50 bits per heavy atom. The molecule has 0 bridgehead atoms. The third-order valence-corrected chi connectivity index (χ3v) is 3.60. The number of alkyl halides is 1. The van der Waals surface area contributed by atoms with E-state index in [0.717, 1.165) is 16.9 Å². The minimum atomic E-state index is 0.408. The minimum Gasteiger partial charge on any atom is -0.344 e. The van der Waals surface area contributed by atoms with E-state index in [1.54, 1.807) is 0 Å². The molecule has 0 amide bonds. The van der Waals surface area contributed by atoms with Crippen molar-refractivity contribution < 1.29 is 0 Å². The van der Waals surface area contributed by atoms with E-state index in [1.807, 2.05) is 31.3 Å². The summed E-state index contributed by atoms with van der Waals surface area (Å²) in [5.74, 6) is 0.408. The van der Waals surface area contributed by atoms with Gasteiger partial charge in [-0.2, -0.15) is 0 Å². The smallest absolute Gasteiger partial charge is 0.0509 e. The van der Waals surface area contributed by atoms with Crippen LogP contribution in [0.1, 0.15) is 11.1 Å². The van der Waals surface area contributed by atoms with Gasteiger partial charge in [0.1, 0.15) is 0 Å². The Morgan fingerprint density at radius 1 is 1.11 bits per heavy atom. The van der Waals surface area contributed by atoms with E-state index >= 15 is 0 Å². The summed E-state index contributed by atoms with van der Waals surface area (Å²) in [7, 11) is 2.02. The van der Waals surface area contributed by atoms with Crippen molar-refractivity contribution in [1.82, 2.24) is 0 Å². The number of nitrogens with zero attached hydrogens (tertiary/aromatic N) is 1. The van der Waals surface area contributed by atoms with E-state index in [1.165, 1.54) is 5.56 Å². The molecule has 0 fully saturated rings. The molecule has 2 rings (SSSR count). The van der Waals surface area contributed by atoms with Crippen LogP contribution < -0.4 is 4.90 Å². The number of hydrogen-bond donors (Lipinski definition) is 0. The molecule has 0 saturated heterocycles. The van der Waals surface area contributed by atoms with Crippen molar-refractivity contribution in [2.75, 3.05) is 11.9 Å². The Balaban J connectivity index is 2.46. The number of halogens is 2. The van der Waals surface area contributed by atoms with Gasteiger partial charge in [0.05, 0.1) is 5.88 Å². The molecule has 2 aromatic rings. The van der Waals surface area contributed by atoms with Crippen LogP contribution in [0.25, 0.3) is 0 Å². The van der Waals surface area contributed by atoms with Crippen LogP contribution in [0.2, 0.25) is 5.02 Å². The van der Waals surface area contributed by atoms with Gasteiger partial charge in [0.2, 0.25) is 0 Å². The predicted octanol–water partition coefficient (Wildman–Crippen LogP) is 5.16. The van der Waals surface area contributed by atoms with E-state index in [9.17, 15) is 0 Å². The second kappa shape index (κ2) is 5.64. The number of anilines is 2. The highest BCUT2D eigenvalue weighted by Crippen LogP contribution is 2.32. The van der Waals surface area contributed by atoms with Crippen molar-refractivity contribution >= 4 is 34.6 Å². The maximum Gasteiger partial charge on any atom is 0.0509 e. The first kappa shape index (κ1) is 13.3. The number of hydrogen-bond acceptors (Lipinski definition) is 1. The molecule has 0 saturated carbocycles. The van der Waals surface area contributed by atoms with Crippen LogP contribution in [0.5, 0.6) is 0 Å². The standard InChI is InChI=1S/C15H15Cl2N/c1-11-5-3-6-12(9-11)18(2)15-8-4-7-14(17)13(15)10-16/h3-9H,10H2,1-2H3. The Hall–Kier alpha value is -1.18. The average molecular weight is 280 g/mol. The largest absolute Gasteiger partial charge is 0.344 e. The van der Waals surface area contributed by atoms with Gasteiger partial charge in [-0.3, -0.25) is 0 Å². The molecular weight excluding hydrogens is 265 g/mol. The fourth-order valence-corrected chi connectivity index (χ4v) is 2.56. The number of aryl methyl sites for hydroxylation is 1. The molecule has 0 aliphatic rings. The molecule has 0 N–H and O–H groups in total. The van der Waals surface area contributed by atoms with Gasteiger partial charge in [0.15, 0.2) is 0 Å². The number of benzene rings is 2. The lowest BCUT2D eigenvalue weighted by Crippen LogP contribution is -2.11. The van der Waals surface area contributed by atoms with E-state index in [0.29, 0.717) is 10.9 Å². The van der Waals surface area contributed by atoms with Gasteiger partial charge in [0, 0.05) is 29.0 Å². The Labute approximate surface area is 118 Å². The summed E-state index contributed by atoms with van der Waals surface area (Å²) in [6, 6.07) is 14.2. The zero-order valence-electron chi connectivity index (χ0n) is 10.5. The van der Waals surface area contributed by atoms with Crippen LogP contribution in [-0.4, -0.2) is 7.05 Å². The summed E-state index contributed by atoms with van der Waals surface area (Å²) >= 11 is 12.2. The molecule has 0 radical (unpaired) electrons. The van der Waals surface area contributed by atoms with Gasteiger partial charge in [-0.05, 0) is 36.8 Å². The predicted molar refractivity (Wildman–Crippen MR) is 80.3 cm³/mol. The van der Waals surface area contributed by atoms with E-state index < -0.39 is 0 Å². The van der Waals surface area contributed by atoms with Crippen molar-refractivity contribution in [1.29, 1.82) is 0 Å². The molecule has 0 aliphatic carbocycles. The van der Waals surface area contributed by atoms with Crippen LogP contribution in [0.3, 0.4) is 0 Å². The normalized spacial score (nSPS) is 10.4. The third kappa shape index (κ3) is 2.63. The summed E-state index contributed by atoms with van der Waals surface area (Å²) in [5, 5.41) is 0.710. The van der Waals surface area contributed by atoms with Crippen LogP contribution >= 0.6 is 23.2 Å². The maximum absolute atomic E-state index is 6.18. The highest BCUT2D eigenvalue weighted by atomic mass is 35.5. The first-order valence-corrected chi connectivity index (χ1v) is 6.68. The third-order valence-electron chi connectivity index (χ3n) is 2.98. The fraction of sp³-hybridized carbons (Fsp3) is 0.200. The molecule has 18 heavy (non-hydrogen) atoms. The fourth-order valence-electron chi connectivity index (χ4n) is 1.97. The van der Waals surface area contributed by atoms with Gasteiger partial charge >= 0.3 is 0 Å². The van der Waals surface area contributed by atoms with E-state index in [-0.39, 0.29) is 0 Å². The maximum atomic E-state index is 6.18. The monoisotopic (exact) mass is 279 g/mol. The SMILES string of the molecule is Cc1cccc(N(C)c2cccc(Cl)c2CCl)c1. The summed E-state index contributed by atoms with van der Waals surface area (Å²) in [6.45, 7) is 2.08. The highest BCUT2D eigenvalue weighted by molar-refractivity contribution is 6.32. The summed E-state index contributed by atoms with van der Waals surface area (Å²) in [6.07, 6.45) is 0. The second-order valence-corrected chi connectivity index (χ2v) is 4.94. The topological polar surface area (TPSA) is 3.24 Å². The second-order valence-electron chi connectivity index (χ2n) is 4.27. The lowest BCUT2D eigenvalue weighted by atomic mass is 10.1. The van der Waals surface area contributed by atoms with Crippen molar-refractivity contribution in [3.05, 3.63) is 58.6 Å². The molecule has 0 atom stereocenters. The quantitative estimate of drug-likeness (QED) is 0.702. The molecule has 94 valence electrons. The van der Waals surface area contributed by atoms with E-state index in [4.69, 9.17) is 23.2 Å². The zero-order valence-corrected chi connectivity index (χ0v) is 12.0. The van der Waals surface area contributed by atoms with Gasteiger partial charge in [-0.1, -0.05) is 29.8 Å². The molecule has 3 heteroatoms. The molecule has 0 heterocycles. The van der Waals surface area contributed by atoms with E-state index in [2.05, 4.69) is 30.0 Å². The summed E-state index contributed by atoms with van der Waals surface area (Å²) in [5.41, 5.74) is 4.37. The summed E-state index contributed by atoms with van der Waals surface area (Å²) < 4.78 is 0. The first-order valence-electron chi connectivity index (χ1n) is 5.77. The van der Waals surface area contributed by atoms with Crippen molar-refractivity contribution in [2.45, 2.75) is 12.8 Å². The molecule has 0 spiro atoms. The average Bonchev–Trinajstić information content (AvgIpc) is 2.37. The van der Waals surface area contributed by atoms with Crippen LogP contribution in [0.15, 0.2) is 42.5 Å². The van der Waals surface area contributed by atoms with Gasteiger partial charge in [-0.25, -0.2) is 0 Å². The molecule has 0 aliphatic heterocycles. The van der Waals surface area contributed by atoms with Gasteiger partial charge < -0.3 is 4.90 Å². The van der Waals surface area contributed by atoms with Crippen LogP contribution in [0, 0.1) is 6.92 Å². The highest BCUT2D eigenvalue weighted by Gasteiger charge is 2.11. The number of rotatable bonds is 3. The minimum absolute atomic E-state index is 0.408. The molecule has 0 unspecified atom stereocenters. The van der Waals surface area contributed by atoms with Gasteiger partial charge in [0.25, 0.3) is 0 Å². The lowest BCUT2D eigenvalue weighted by molar-refractivity contribution is 1.17. The van der Waals surface area contributed by atoms with Crippen molar-refractivity contribution in [2.24, 2.45) is 0 Å².